The maximum absolute atomic E-state index is 12.4. The quantitative estimate of drug-likeness (QED) is 0.493. The fraction of sp³-hybridized carbons (Fsp3) is 0.462. The van der Waals surface area contributed by atoms with Crippen LogP contribution in [0.3, 0.4) is 0 Å². The van der Waals surface area contributed by atoms with Crippen LogP contribution in [0.15, 0.2) is 18.2 Å². The number of carboxylic acid groups (broad SMARTS) is 1. The number of aromatic nitrogens is 1. The summed E-state index contributed by atoms with van der Waals surface area (Å²) in [5.41, 5.74) is 6.86. The highest BCUT2D eigenvalue weighted by atomic mass is 32.1. The van der Waals surface area contributed by atoms with E-state index in [0.29, 0.717) is 5.56 Å². The summed E-state index contributed by atoms with van der Waals surface area (Å²) in [7, 11) is 0. The van der Waals surface area contributed by atoms with Gasteiger partial charge in [0.25, 0.3) is 0 Å². The van der Waals surface area contributed by atoms with E-state index in [1.54, 1.807) is 11.3 Å². The molecular weight excluding hydrogens is 406 g/mol. The van der Waals surface area contributed by atoms with Gasteiger partial charge in [0, 0.05) is 27.1 Å². The molecule has 0 saturated heterocycles. The van der Waals surface area contributed by atoms with Gasteiger partial charge in [0.05, 0.1) is 5.60 Å². The highest BCUT2D eigenvalue weighted by Gasteiger charge is 2.33. The summed E-state index contributed by atoms with van der Waals surface area (Å²) in [5.74, 6) is -0.983. The van der Waals surface area contributed by atoms with Crippen molar-refractivity contribution < 1.29 is 14.6 Å². The highest BCUT2D eigenvalue weighted by molar-refractivity contribution is 7.18. The number of thiophene rings is 1. The first-order chi connectivity index (χ1) is 14.5. The van der Waals surface area contributed by atoms with E-state index >= 15 is 0 Å². The summed E-state index contributed by atoms with van der Waals surface area (Å²) in [6.07, 6.45) is 3.56. The molecule has 1 aromatic carbocycles. The summed E-state index contributed by atoms with van der Waals surface area (Å²) in [5, 5.41) is 11.2. The fourth-order valence-electron chi connectivity index (χ4n) is 4.68. The second kappa shape index (κ2) is 8.03. The molecule has 1 aliphatic rings. The van der Waals surface area contributed by atoms with E-state index in [-0.39, 0.29) is 0 Å². The molecule has 164 valence electrons. The third-order valence-electron chi connectivity index (χ3n) is 5.95. The highest BCUT2D eigenvalue weighted by Crippen LogP contribution is 2.43. The van der Waals surface area contributed by atoms with Gasteiger partial charge in [0.2, 0.25) is 0 Å². The first kappa shape index (κ1) is 22.0. The molecule has 0 fully saturated rings. The monoisotopic (exact) mass is 437 g/mol. The Morgan fingerprint density at radius 1 is 1.10 bits per heavy atom. The SMILES string of the molecule is Cc1cc2c(-c3cc4c(cc3C)CCCC4)c([C@H](OC(C)(C)C)C(=O)O)c(C)nc2s1. The summed E-state index contributed by atoms with van der Waals surface area (Å²) in [4.78, 5) is 19.3. The third-order valence-corrected chi connectivity index (χ3v) is 6.89. The average molecular weight is 438 g/mol. The number of rotatable bonds is 4. The van der Waals surface area contributed by atoms with Gasteiger partial charge in [0.15, 0.2) is 6.10 Å². The minimum atomic E-state index is -1.08. The zero-order valence-electron chi connectivity index (χ0n) is 19.3. The molecule has 4 nitrogen and oxygen atoms in total. The minimum absolute atomic E-state index is 0.600. The summed E-state index contributed by atoms with van der Waals surface area (Å²) >= 11 is 1.65. The fourth-order valence-corrected chi connectivity index (χ4v) is 5.61. The van der Waals surface area contributed by atoms with E-state index in [9.17, 15) is 9.90 Å². The van der Waals surface area contributed by atoms with Crippen LogP contribution >= 0.6 is 11.3 Å². The molecule has 5 heteroatoms. The molecule has 3 aromatic rings. The number of benzene rings is 1. The standard InChI is InChI=1S/C26H31NO3S/c1-14-11-17-9-7-8-10-18(17)13-19(14)22-20-12-15(2)31-24(20)27-16(3)21(22)23(25(28)29)30-26(4,5)6/h11-13,23H,7-10H2,1-6H3,(H,28,29)/t23-/m0/s1. The molecule has 0 unspecified atom stereocenters. The van der Waals surface area contributed by atoms with Crippen LogP contribution in [0.5, 0.6) is 0 Å². The average Bonchev–Trinajstić information content (AvgIpc) is 3.03. The second-order valence-electron chi connectivity index (χ2n) is 9.65. The van der Waals surface area contributed by atoms with Crippen LogP contribution in [0.1, 0.15) is 72.5 Å². The molecule has 2 heterocycles. The molecule has 2 aromatic heterocycles. The van der Waals surface area contributed by atoms with Crippen LogP contribution in [-0.2, 0) is 22.4 Å². The van der Waals surface area contributed by atoms with Crippen molar-refractivity contribution in [2.75, 3.05) is 0 Å². The number of hydrogen-bond donors (Lipinski definition) is 1. The first-order valence-electron chi connectivity index (χ1n) is 11.0. The van der Waals surface area contributed by atoms with Crippen molar-refractivity contribution in [3.8, 4) is 11.1 Å². The number of aliphatic carboxylic acids is 1. The maximum Gasteiger partial charge on any atom is 0.337 e. The molecule has 0 aliphatic heterocycles. The van der Waals surface area contributed by atoms with E-state index < -0.39 is 17.7 Å². The number of hydrogen-bond acceptors (Lipinski definition) is 4. The molecule has 1 N–H and O–H groups in total. The lowest BCUT2D eigenvalue weighted by atomic mass is 9.84. The number of fused-ring (bicyclic) bond motifs is 2. The predicted molar refractivity (Wildman–Crippen MR) is 127 cm³/mol. The number of ether oxygens (including phenoxy) is 1. The molecule has 31 heavy (non-hydrogen) atoms. The van der Waals surface area contributed by atoms with Gasteiger partial charge in [-0.3, -0.25) is 0 Å². The van der Waals surface area contributed by atoms with Crippen molar-refractivity contribution >= 4 is 27.5 Å². The molecule has 4 rings (SSSR count). The molecule has 0 radical (unpaired) electrons. The normalized spacial score (nSPS) is 15.2. The van der Waals surface area contributed by atoms with E-state index in [0.717, 1.165) is 39.9 Å². The number of carbonyl (C=O) groups is 1. The van der Waals surface area contributed by atoms with Gasteiger partial charge in [0.1, 0.15) is 4.83 Å². The van der Waals surface area contributed by atoms with Crippen LogP contribution in [0.4, 0.5) is 0 Å². The van der Waals surface area contributed by atoms with Crippen LogP contribution in [0.2, 0.25) is 0 Å². The van der Waals surface area contributed by atoms with Gasteiger partial charge < -0.3 is 9.84 Å². The van der Waals surface area contributed by atoms with Crippen molar-refractivity contribution in [2.24, 2.45) is 0 Å². The van der Waals surface area contributed by atoms with Gasteiger partial charge in [-0.15, -0.1) is 11.3 Å². The van der Waals surface area contributed by atoms with Gasteiger partial charge in [-0.05, 0) is 95.5 Å². The Bertz CT molecular complexity index is 1170. The zero-order valence-corrected chi connectivity index (χ0v) is 20.1. The van der Waals surface area contributed by atoms with Crippen molar-refractivity contribution in [3.05, 3.63) is 51.0 Å². The number of pyridine rings is 1. The Labute approximate surface area is 188 Å². The van der Waals surface area contributed by atoms with E-state index in [1.165, 1.54) is 34.4 Å². The summed E-state index contributed by atoms with van der Waals surface area (Å²) < 4.78 is 6.10. The number of nitrogens with zero attached hydrogens (tertiary/aromatic N) is 1. The largest absolute Gasteiger partial charge is 0.479 e. The molecule has 1 aliphatic carbocycles. The van der Waals surface area contributed by atoms with Gasteiger partial charge in [-0.25, -0.2) is 9.78 Å². The Morgan fingerprint density at radius 3 is 2.35 bits per heavy atom. The molecular formula is C26H31NO3S. The lowest BCUT2D eigenvalue weighted by Crippen LogP contribution is -2.28. The molecule has 0 saturated carbocycles. The topological polar surface area (TPSA) is 59.4 Å². The summed E-state index contributed by atoms with van der Waals surface area (Å²) in [6.45, 7) is 11.8. The van der Waals surface area contributed by atoms with Crippen molar-refractivity contribution in [1.29, 1.82) is 0 Å². The molecule has 0 bridgehead atoms. The third kappa shape index (κ3) is 4.26. The van der Waals surface area contributed by atoms with Gasteiger partial charge in [-0.2, -0.15) is 0 Å². The van der Waals surface area contributed by atoms with Crippen LogP contribution in [0.25, 0.3) is 21.3 Å². The summed E-state index contributed by atoms with van der Waals surface area (Å²) in [6, 6.07) is 6.74. The smallest absolute Gasteiger partial charge is 0.337 e. The Hall–Kier alpha value is -2.24. The van der Waals surface area contributed by atoms with Crippen molar-refractivity contribution in [3.63, 3.8) is 0 Å². The maximum atomic E-state index is 12.4. The second-order valence-corrected chi connectivity index (χ2v) is 10.9. The Morgan fingerprint density at radius 2 is 1.74 bits per heavy atom. The minimum Gasteiger partial charge on any atom is -0.479 e. The van der Waals surface area contributed by atoms with Gasteiger partial charge >= 0.3 is 5.97 Å². The first-order valence-corrected chi connectivity index (χ1v) is 11.8. The van der Waals surface area contributed by atoms with Crippen LogP contribution in [-0.4, -0.2) is 21.7 Å². The van der Waals surface area contributed by atoms with Gasteiger partial charge in [-0.1, -0.05) is 12.1 Å². The Kier molecular flexibility index (Phi) is 5.69. The molecule has 1 atom stereocenters. The number of carboxylic acids is 1. The van der Waals surface area contributed by atoms with Crippen molar-refractivity contribution in [2.45, 2.75) is 78.9 Å². The Balaban J connectivity index is 2.06. The lowest BCUT2D eigenvalue weighted by Gasteiger charge is -2.28. The zero-order chi connectivity index (χ0) is 22.5. The van der Waals surface area contributed by atoms with Crippen LogP contribution < -0.4 is 0 Å². The van der Waals surface area contributed by atoms with Crippen LogP contribution in [0, 0.1) is 20.8 Å². The van der Waals surface area contributed by atoms with E-state index in [2.05, 4.69) is 32.0 Å². The predicted octanol–water partition coefficient (Wildman–Crippen LogP) is 6.71. The van der Waals surface area contributed by atoms with Crippen molar-refractivity contribution in [1.82, 2.24) is 4.98 Å². The molecule has 0 spiro atoms. The lowest BCUT2D eigenvalue weighted by molar-refractivity contribution is -0.160. The molecule has 0 amide bonds. The number of aryl methyl sites for hydroxylation is 5. The van der Waals surface area contributed by atoms with E-state index in [1.807, 2.05) is 27.7 Å². The van der Waals surface area contributed by atoms with E-state index in [4.69, 9.17) is 9.72 Å².